The van der Waals surface area contributed by atoms with Crippen molar-refractivity contribution < 1.29 is 8.42 Å². The van der Waals surface area contributed by atoms with Crippen LogP contribution in [0.25, 0.3) is 10.4 Å². The van der Waals surface area contributed by atoms with Gasteiger partial charge in [0.2, 0.25) is 10.0 Å². The Bertz CT molecular complexity index is 730. The van der Waals surface area contributed by atoms with Crippen molar-refractivity contribution in [1.82, 2.24) is 4.72 Å². The summed E-state index contributed by atoms with van der Waals surface area (Å²) >= 11 is 0. The topological polar surface area (TPSA) is 94.9 Å². The molecule has 0 radical (unpaired) electrons. The number of benzene rings is 1. The molecule has 4 aliphatic carbocycles. The molecular weight excluding hydrogens is 312 g/mol. The fourth-order valence-corrected chi connectivity index (χ4v) is 6.76. The fraction of sp³-hybridized carbons (Fsp3) is 0.625. The molecule has 0 saturated heterocycles. The Hall–Kier alpha value is -1.56. The maximum atomic E-state index is 12.8. The smallest absolute Gasteiger partial charge is 0.207 e. The maximum Gasteiger partial charge on any atom is 0.241 e. The molecule has 0 heterocycles. The third-order valence-corrected chi connectivity index (χ3v) is 7.29. The van der Waals surface area contributed by atoms with E-state index in [9.17, 15) is 8.42 Å². The Balaban J connectivity index is 1.58. The van der Waals surface area contributed by atoms with E-state index in [-0.39, 0.29) is 10.4 Å². The summed E-state index contributed by atoms with van der Waals surface area (Å²) < 4.78 is 28.6. The molecule has 4 aliphatic rings. The van der Waals surface area contributed by atoms with Crippen molar-refractivity contribution in [3.05, 3.63) is 34.7 Å². The predicted molar refractivity (Wildman–Crippen MR) is 86.5 cm³/mol. The first-order chi connectivity index (χ1) is 11.0. The summed E-state index contributed by atoms with van der Waals surface area (Å²) in [6.07, 6.45) is 6.78. The number of hydrogen-bond donors (Lipinski definition) is 1. The highest BCUT2D eigenvalue weighted by atomic mass is 32.2. The van der Waals surface area contributed by atoms with E-state index in [0.717, 1.165) is 19.3 Å². The molecule has 6 nitrogen and oxygen atoms in total. The summed E-state index contributed by atoms with van der Waals surface area (Å²) in [7, 11) is -3.54. The Kier molecular flexibility index (Phi) is 3.41. The average Bonchev–Trinajstić information content (AvgIpc) is 2.45. The summed E-state index contributed by atoms with van der Waals surface area (Å²) in [6.45, 7) is 0. The van der Waals surface area contributed by atoms with Crippen LogP contribution in [0.15, 0.2) is 34.3 Å². The highest BCUT2D eigenvalue weighted by Gasteiger charge is 2.52. The van der Waals surface area contributed by atoms with Gasteiger partial charge in [-0.15, -0.1) is 0 Å². The van der Waals surface area contributed by atoms with E-state index in [4.69, 9.17) is 5.53 Å². The van der Waals surface area contributed by atoms with Crippen molar-refractivity contribution in [3.8, 4) is 0 Å². The molecule has 122 valence electrons. The molecule has 0 aromatic heterocycles. The van der Waals surface area contributed by atoms with Crippen LogP contribution < -0.4 is 4.72 Å². The lowest BCUT2D eigenvalue weighted by Gasteiger charge is -2.56. The quantitative estimate of drug-likeness (QED) is 0.514. The van der Waals surface area contributed by atoms with Crippen LogP contribution >= 0.6 is 0 Å². The zero-order chi connectivity index (χ0) is 16.1. The number of azide groups is 1. The molecule has 1 aromatic rings. The largest absolute Gasteiger partial charge is 0.241 e. The first-order valence-corrected chi connectivity index (χ1v) is 9.65. The number of nitrogens with zero attached hydrogens (tertiary/aromatic N) is 3. The number of sulfonamides is 1. The summed E-state index contributed by atoms with van der Waals surface area (Å²) in [6, 6.07) is 6.08. The number of hydrogen-bond acceptors (Lipinski definition) is 3. The molecule has 1 N–H and O–H groups in total. The standard InChI is InChI=1S/C16H20N4O2S/c17-20-18-14-1-3-15(4-2-14)23(21,22)19-16-8-11-5-12(9-16)7-13(6-11)10-16/h1-4,11-13,19H,5-10H2. The van der Waals surface area contributed by atoms with Gasteiger partial charge < -0.3 is 0 Å². The highest BCUT2D eigenvalue weighted by Crippen LogP contribution is 2.55. The molecule has 0 amide bonds. The molecule has 0 spiro atoms. The van der Waals surface area contributed by atoms with Crippen LogP contribution in [0.3, 0.4) is 0 Å². The van der Waals surface area contributed by atoms with E-state index >= 15 is 0 Å². The van der Waals surface area contributed by atoms with Gasteiger partial charge in [0.05, 0.1) is 4.90 Å². The van der Waals surface area contributed by atoms with Gasteiger partial charge in [-0.05, 0) is 73.9 Å². The zero-order valence-corrected chi connectivity index (χ0v) is 13.7. The Morgan fingerprint density at radius 3 is 2.04 bits per heavy atom. The molecule has 4 bridgehead atoms. The van der Waals surface area contributed by atoms with Crippen molar-refractivity contribution in [2.45, 2.75) is 49.0 Å². The third-order valence-electron chi connectivity index (χ3n) is 5.70. The van der Waals surface area contributed by atoms with E-state index in [2.05, 4.69) is 14.7 Å². The minimum atomic E-state index is -3.54. The molecule has 4 fully saturated rings. The molecule has 0 atom stereocenters. The van der Waals surface area contributed by atoms with Crippen LogP contribution in [0.2, 0.25) is 0 Å². The molecule has 0 aliphatic heterocycles. The molecule has 5 rings (SSSR count). The Morgan fingerprint density at radius 1 is 1.04 bits per heavy atom. The lowest BCUT2D eigenvalue weighted by Crippen LogP contribution is -2.59. The normalized spacial score (nSPS) is 35.0. The molecule has 4 saturated carbocycles. The van der Waals surface area contributed by atoms with Crippen molar-refractivity contribution in [1.29, 1.82) is 0 Å². The number of nitrogens with one attached hydrogen (secondary N) is 1. The first kappa shape index (κ1) is 15.0. The van der Waals surface area contributed by atoms with Gasteiger partial charge in [-0.2, -0.15) is 0 Å². The van der Waals surface area contributed by atoms with Crippen LogP contribution in [-0.4, -0.2) is 14.0 Å². The Morgan fingerprint density at radius 2 is 1.57 bits per heavy atom. The van der Waals surface area contributed by atoms with Crippen molar-refractivity contribution >= 4 is 15.7 Å². The van der Waals surface area contributed by atoms with Crippen molar-refractivity contribution in [2.75, 3.05) is 0 Å². The van der Waals surface area contributed by atoms with E-state index in [1.165, 1.54) is 43.5 Å². The first-order valence-electron chi connectivity index (χ1n) is 8.17. The van der Waals surface area contributed by atoms with Crippen LogP contribution in [0, 0.1) is 17.8 Å². The molecule has 7 heteroatoms. The minimum absolute atomic E-state index is 0.239. The van der Waals surface area contributed by atoms with Crippen LogP contribution in [0.1, 0.15) is 38.5 Å². The monoisotopic (exact) mass is 332 g/mol. The van der Waals surface area contributed by atoms with Gasteiger partial charge in [0.1, 0.15) is 0 Å². The van der Waals surface area contributed by atoms with Gasteiger partial charge in [-0.25, -0.2) is 13.1 Å². The van der Waals surface area contributed by atoms with Gasteiger partial charge >= 0.3 is 0 Å². The highest BCUT2D eigenvalue weighted by molar-refractivity contribution is 7.89. The van der Waals surface area contributed by atoms with Gasteiger partial charge in [-0.3, -0.25) is 0 Å². The summed E-state index contributed by atoms with van der Waals surface area (Å²) in [4.78, 5) is 2.95. The van der Waals surface area contributed by atoms with E-state index in [1.807, 2.05) is 0 Å². The van der Waals surface area contributed by atoms with Gasteiger partial charge in [0, 0.05) is 16.1 Å². The summed E-state index contributed by atoms with van der Waals surface area (Å²) in [5.41, 5.74) is 8.60. The second kappa shape index (κ2) is 5.23. The van der Waals surface area contributed by atoms with Crippen LogP contribution in [0.5, 0.6) is 0 Å². The maximum absolute atomic E-state index is 12.8. The molecule has 23 heavy (non-hydrogen) atoms. The molecule has 0 unspecified atom stereocenters. The Labute approximate surface area is 136 Å². The molecule has 1 aromatic carbocycles. The lowest BCUT2D eigenvalue weighted by molar-refractivity contribution is -0.00810. The summed E-state index contributed by atoms with van der Waals surface area (Å²) in [5.74, 6) is 2.07. The van der Waals surface area contributed by atoms with Crippen molar-refractivity contribution in [2.24, 2.45) is 22.9 Å². The van der Waals surface area contributed by atoms with E-state index in [1.54, 1.807) is 0 Å². The lowest BCUT2D eigenvalue weighted by atomic mass is 9.53. The summed E-state index contributed by atoms with van der Waals surface area (Å²) in [5, 5.41) is 3.48. The zero-order valence-electron chi connectivity index (χ0n) is 12.9. The van der Waals surface area contributed by atoms with E-state index in [0.29, 0.717) is 23.4 Å². The van der Waals surface area contributed by atoms with Gasteiger partial charge in [0.15, 0.2) is 0 Å². The number of rotatable bonds is 4. The van der Waals surface area contributed by atoms with Crippen molar-refractivity contribution in [3.63, 3.8) is 0 Å². The molecular formula is C16H20N4O2S. The second-order valence-corrected chi connectivity index (χ2v) is 9.17. The third kappa shape index (κ3) is 2.73. The van der Waals surface area contributed by atoms with Crippen LogP contribution in [-0.2, 0) is 10.0 Å². The predicted octanol–water partition coefficient (Wildman–Crippen LogP) is 3.88. The minimum Gasteiger partial charge on any atom is -0.207 e. The fourth-order valence-electron chi connectivity index (χ4n) is 5.32. The van der Waals surface area contributed by atoms with E-state index < -0.39 is 10.0 Å². The SMILES string of the molecule is [N-]=[N+]=Nc1ccc(S(=O)(=O)NC23CC4CC(CC(C4)C2)C3)cc1. The van der Waals surface area contributed by atoms with Crippen LogP contribution in [0.4, 0.5) is 5.69 Å². The van der Waals surface area contributed by atoms with Gasteiger partial charge in [-0.1, -0.05) is 17.2 Å². The second-order valence-electron chi connectivity index (χ2n) is 7.49. The average molecular weight is 332 g/mol. The van der Waals surface area contributed by atoms with Gasteiger partial charge in [0.25, 0.3) is 0 Å².